The SMILES string of the molecule is CC1OC(C)C(C(=O)N2CCC(CN)CC2)C1C. The molecule has 0 radical (unpaired) electrons. The maximum Gasteiger partial charge on any atom is 0.228 e. The Morgan fingerprint density at radius 2 is 1.83 bits per heavy atom. The number of nitrogens with zero attached hydrogens (tertiary/aromatic N) is 1. The number of likely N-dealkylation sites (tertiary alicyclic amines) is 1. The van der Waals surface area contributed by atoms with E-state index in [4.69, 9.17) is 10.5 Å². The molecule has 0 aromatic carbocycles. The molecule has 4 heteroatoms. The number of hydrogen-bond donors (Lipinski definition) is 1. The molecule has 2 heterocycles. The third-order valence-electron chi connectivity index (χ3n) is 4.79. The molecule has 18 heavy (non-hydrogen) atoms. The van der Waals surface area contributed by atoms with Crippen LogP contribution in [0.3, 0.4) is 0 Å². The van der Waals surface area contributed by atoms with Gasteiger partial charge in [-0.15, -0.1) is 0 Å². The smallest absolute Gasteiger partial charge is 0.228 e. The Balaban J connectivity index is 1.95. The minimum atomic E-state index is 0.0365. The van der Waals surface area contributed by atoms with E-state index in [1.807, 2.05) is 11.8 Å². The van der Waals surface area contributed by atoms with Gasteiger partial charge in [0.05, 0.1) is 18.1 Å². The molecule has 2 N–H and O–H groups in total. The van der Waals surface area contributed by atoms with E-state index in [1.54, 1.807) is 0 Å². The molecule has 2 rings (SSSR count). The van der Waals surface area contributed by atoms with Gasteiger partial charge in [-0.05, 0) is 45.1 Å². The van der Waals surface area contributed by atoms with E-state index >= 15 is 0 Å². The van der Waals surface area contributed by atoms with Crippen LogP contribution < -0.4 is 5.73 Å². The quantitative estimate of drug-likeness (QED) is 0.806. The monoisotopic (exact) mass is 254 g/mol. The molecular weight excluding hydrogens is 228 g/mol. The first-order valence-electron chi connectivity index (χ1n) is 7.19. The molecular formula is C14H26N2O2. The molecule has 0 bridgehead atoms. The molecule has 4 unspecified atom stereocenters. The molecule has 2 aliphatic heterocycles. The van der Waals surface area contributed by atoms with Crippen molar-refractivity contribution in [3.05, 3.63) is 0 Å². The lowest BCUT2D eigenvalue weighted by Crippen LogP contribution is -2.45. The summed E-state index contributed by atoms with van der Waals surface area (Å²) < 4.78 is 5.77. The fraction of sp³-hybridized carbons (Fsp3) is 0.929. The van der Waals surface area contributed by atoms with E-state index in [0.29, 0.717) is 11.8 Å². The summed E-state index contributed by atoms with van der Waals surface area (Å²) in [6.07, 6.45) is 2.34. The second-order valence-electron chi connectivity index (χ2n) is 5.94. The number of piperidine rings is 1. The molecule has 0 aromatic rings. The maximum absolute atomic E-state index is 12.6. The van der Waals surface area contributed by atoms with Crippen LogP contribution in [0.15, 0.2) is 0 Å². The molecule has 2 fully saturated rings. The van der Waals surface area contributed by atoms with Crippen molar-refractivity contribution >= 4 is 5.91 Å². The van der Waals surface area contributed by atoms with Crippen molar-refractivity contribution in [2.45, 2.75) is 45.8 Å². The lowest BCUT2D eigenvalue weighted by Gasteiger charge is -2.34. The van der Waals surface area contributed by atoms with Gasteiger partial charge in [-0.1, -0.05) is 6.92 Å². The fourth-order valence-corrected chi connectivity index (χ4v) is 3.29. The number of nitrogens with two attached hydrogens (primary N) is 1. The maximum atomic E-state index is 12.6. The number of ether oxygens (including phenoxy) is 1. The van der Waals surface area contributed by atoms with Gasteiger partial charge in [0.2, 0.25) is 5.91 Å². The van der Waals surface area contributed by atoms with Crippen molar-refractivity contribution < 1.29 is 9.53 Å². The van der Waals surface area contributed by atoms with Crippen LogP contribution in [0, 0.1) is 17.8 Å². The minimum Gasteiger partial charge on any atom is -0.374 e. The summed E-state index contributed by atoms with van der Waals surface area (Å²) in [4.78, 5) is 14.6. The normalized spacial score (nSPS) is 38.1. The zero-order valence-corrected chi connectivity index (χ0v) is 11.8. The Kier molecular flexibility index (Phi) is 4.28. The third-order valence-corrected chi connectivity index (χ3v) is 4.79. The van der Waals surface area contributed by atoms with Crippen molar-refractivity contribution in [3.8, 4) is 0 Å². The Morgan fingerprint density at radius 1 is 1.22 bits per heavy atom. The Bertz CT molecular complexity index is 300. The van der Waals surface area contributed by atoms with Gasteiger partial charge in [0, 0.05) is 13.1 Å². The molecule has 0 spiro atoms. The van der Waals surface area contributed by atoms with E-state index in [9.17, 15) is 4.79 Å². The molecule has 0 saturated carbocycles. The first-order valence-corrected chi connectivity index (χ1v) is 7.19. The van der Waals surface area contributed by atoms with Gasteiger partial charge in [0.1, 0.15) is 0 Å². The molecule has 4 atom stereocenters. The van der Waals surface area contributed by atoms with E-state index in [-0.39, 0.29) is 24.0 Å². The Labute approximate surface area is 110 Å². The molecule has 4 nitrogen and oxygen atoms in total. The molecule has 0 aliphatic carbocycles. The lowest BCUT2D eigenvalue weighted by atomic mass is 9.87. The zero-order chi connectivity index (χ0) is 13.3. The van der Waals surface area contributed by atoms with E-state index in [1.165, 1.54) is 0 Å². The van der Waals surface area contributed by atoms with E-state index in [0.717, 1.165) is 32.5 Å². The average Bonchev–Trinajstić information content (AvgIpc) is 2.63. The summed E-state index contributed by atoms with van der Waals surface area (Å²) in [6.45, 7) is 8.70. The van der Waals surface area contributed by atoms with E-state index in [2.05, 4.69) is 13.8 Å². The highest BCUT2D eigenvalue weighted by Gasteiger charge is 2.43. The van der Waals surface area contributed by atoms with Crippen LogP contribution in [0.2, 0.25) is 0 Å². The van der Waals surface area contributed by atoms with Crippen molar-refractivity contribution in [3.63, 3.8) is 0 Å². The minimum absolute atomic E-state index is 0.0365. The fourth-order valence-electron chi connectivity index (χ4n) is 3.29. The number of carbonyl (C=O) groups excluding carboxylic acids is 1. The predicted octanol–water partition coefficient (Wildman–Crippen LogP) is 1.24. The topological polar surface area (TPSA) is 55.6 Å². The van der Waals surface area contributed by atoms with Crippen LogP contribution in [0.4, 0.5) is 0 Å². The van der Waals surface area contributed by atoms with Crippen molar-refractivity contribution in [1.82, 2.24) is 4.90 Å². The highest BCUT2D eigenvalue weighted by Crippen LogP contribution is 2.34. The highest BCUT2D eigenvalue weighted by molar-refractivity contribution is 5.80. The van der Waals surface area contributed by atoms with Crippen LogP contribution in [0.5, 0.6) is 0 Å². The second kappa shape index (κ2) is 5.57. The van der Waals surface area contributed by atoms with Gasteiger partial charge in [-0.2, -0.15) is 0 Å². The van der Waals surface area contributed by atoms with Crippen molar-refractivity contribution in [2.75, 3.05) is 19.6 Å². The van der Waals surface area contributed by atoms with Gasteiger partial charge in [0.15, 0.2) is 0 Å². The van der Waals surface area contributed by atoms with Crippen LogP contribution in [-0.2, 0) is 9.53 Å². The zero-order valence-electron chi connectivity index (χ0n) is 11.8. The standard InChI is InChI=1S/C14H26N2O2/c1-9-10(2)18-11(3)13(9)14(17)16-6-4-12(8-15)5-7-16/h9-13H,4-8,15H2,1-3H3. The molecule has 104 valence electrons. The summed E-state index contributed by atoms with van der Waals surface area (Å²) >= 11 is 0. The largest absolute Gasteiger partial charge is 0.374 e. The summed E-state index contributed by atoms with van der Waals surface area (Å²) in [5.74, 6) is 1.24. The predicted molar refractivity (Wildman–Crippen MR) is 71.0 cm³/mol. The van der Waals surface area contributed by atoms with Crippen LogP contribution in [0.1, 0.15) is 33.6 Å². The van der Waals surface area contributed by atoms with Gasteiger partial charge in [0.25, 0.3) is 0 Å². The average molecular weight is 254 g/mol. The summed E-state index contributed by atoms with van der Waals surface area (Å²) in [5.41, 5.74) is 5.69. The first kappa shape index (κ1) is 13.8. The molecule has 1 amide bonds. The Hall–Kier alpha value is -0.610. The van der Waals surface area contributed by atoms with Crippen molar-refractivity contribution in [2.24, 2.45) is 23.5 Å². The second-order valence-corrected chi connectivity index (χ2v) is 5.94. The molecule has 2 aliphatic rings. The first-order chi connectivity index (χ1) is 8.54. The van der Waals surface area contributed by atoms with Crippen LogP contribution in [-0.4, -0.2) is 42.6 Å². The molecule has 0 aromatic heterocycles. The number of hydrogen-bond acceptors (Lipinski definition) is 3. The van der Waals surface area contributed by atoms with Gasteiger partial charge in [-0.3, -0.25) is 4.79 Å². The third kappa shape index (κ3) is 2.54. The van der Waals surface area contributed by atoms with Crippen molar-refractivity contribution in [1.29, 1.82) is 0 Å². The number of amides is 1. The van der Waals surface area contributed by atoms with Gasteiger partial charge in [-0.25, -0.2) is 0 Å². The summed E-state index contributed by atoms with van der Waals surface area (Å²) in [7, 11) is 0. The lowest BCUT2D eigenvalue weighted by molar-refractivity contribution is -0.139. The van der Waals surface area contributed by atoms with Crippen LogP contribution >= 0.6 is 0 Å². The van der Waals surface area contributed by atoms with E-state index < -0.39 is 0 Å². The highest BCUT2D eigenvalue weighted by atomic mass is 16.5. The van der Waals surface area contributed by atoms with Gasteiger partial charge < -0.3 is 15.4 Å². The summed E-state index contributed by atoms with van der Waals surface area (Å²) in [5, 5.41) is 0. The Morgan fingerprint density at radius 3 is 2.28 bits per heavy atom. The van der Waals surface area contributed by atoms with Crippen LogP contribution in [0.25, 0.3) is 0 Å². The number of rotatable bonds is 2. The summed E-state index contributed by atoms with van der Waals surface area (Å²) in [6, 6.07) is 0. The number of carbonyl (C=O) groups is 1. The van der Waals surface area contributed by atoms with Gasteiger partial charge >= 0.3 is 0 Å². The molecule has 2 saturated heterocycles.